The molecule has 7 atom stereocenters. The second kappa shape index (κ2) is 7.79. The average Bonchev–Trinajstić information content (AvgIpc) is 3.02. The molecule has 3 saturated carbocycles. The third-order valence-corrected chi connectivity index (χ3v) is 10.8. The Morgan fingerprint density at radius 3 is 2.47 bits per heavy atom. The van der Waals surface area contributed by atoms with E-state index in [0.29, 0.717) is 16.7 Å². The van der Waals surface area contributed by atoms with Crippen molar-refractivity contribution in [2.24, 2.45) is 39.9 Å². The summed E-state index contributed by atoms with van der Waals surface area (Å²) in [5.74, 6) is 3.16. The first-order valence-corrected chi connectivity index (χ1v) is 13.1. The molecule has 0 aromatic heterocycles. The van der Waals surface area contributed by atoms with E-state index in [1.54, 1.807) is 0 Å². The molecule has 1 N–H and O–H groups in total. The van der Waals surface area contributed by atoms with E-state index in [2.05, 4.69) is 54.5 Å². The smallest absolute Gasteiger partial charge is 0.0594 e. The van der Waals surface area contributed by atoms with Gasteiger partial charge in [-0.15, -0.1) is 0 Å². The van der Waals surface area contributed by atoms with Gasteiger partial charge in [-0.2, -0.15) is 0 Å². The number of fused-ring (bicyclic) bond motifs is 4. The van der Waals surface area contributed by atoms with Gasteiger partial charge in [0.05, 0.1) is 6.10 Å². The molecular weight excluding hydrogens is 364 g/mol. The molecule has 0 aromatic rings. The highest BCUT2D eigenvalue weighted by atomic mass is 16.3. The maximum absolute atomic E-state index is 10.8. The van der Waals surface area contributed by atoms with Crippen LogP contribution in [0.3, 0.4) is 0 Å². The van der Waals surface area contributed by atoms with Crippen molar-refractivity contribution in [3.8, 4) is 0 Å². The predicted octanol–water partition coefficient (Wildman–Crippen LogP) is 8.09. The molecule has 1 unspecified atom stereocenters. The van der Waals surface area contributed by atoms with Crippen molar-refractivity contribution in [1.29, 1.82) is 0 Å². The normalized spacial score (nSPS) is 43.5. The summed E-state index contributed by atoms with van der Waals surface area (Å²) in [6.45, 7) is 16.9. The predicted molar refractivity (Wildman–Crippen MR) is 128 cm³/mol. The van der Waals surface area contributed by atoms with Gasteiger partial charge < -0.3 is 5.11 Å². The van der Waals surface area contributed by atoms with E-state index in [-0.39, 0.29) is 11.5 Å². The largest absolute Gasteiger partial charge is 0.393 e. The highest BCUT2D eigenvalue weighted by molar-refractivity contribution is 5.35. The summed E-state index contributed by atoms with van der Waals surface area (Å²) in [4.78, 5) is 0. The number of hydrogen-bond acceptors (Lipinski definition) is 1. The molecule has 0 spiro atoms. The molecule has 0 amide bonds. The second-order valence-electron chi connectivity index (χ2n) is 13.0. The summed E-state index contributed by atoms with van der Waals surface area (Å²) < 4.78 is 0. The average molecular weight is 413 g/mol. The Hall–Kier alpha value is -0.560. The fraction of sp³-hybridized carbons (Fsp3) is 0.862. The van der Waals surface area contributed by atoms with Gasteiger partial charge >= 0.3 is 0 Å². The third kappa shape index (κ3) is 3.37. The maximum atomic E-state index is 10.8. The molecular formula is C29H48O. The van der Waals surface area contributed by atoms with Crippen LogP contribution in [0, 0.1) is 39.9 Å². The van der Waals surface area contributed by atoms with Crippen LogP contribution < -0.4 is 0 Å². The Morgan fingerprint density at radius 2 is 1.77 bits per heavy atom. The fourth-order valence-corrected chi connectivity index (χ4v) is 9.12. The zero-order valence-electron chi connectivity index (χ0n) is 21.0. The lowest BCUT2D eigenvalue weighted by Gasteiger charge is -2.61. The van der Waals surface area contributed by atoms with E-state index >= 15 is 0 Å². The SMILES string of the molecule is CC(C)=CCC[C@@H](C)[C@H]1CCC2=C3CC[C@H]4C(C)(C)[C@@H](O)CC[C@]4(C)C3CC[C@@]21C. The Bertz CT molecular complexity index is 723. The first-order chi connectivity index (χ1) is 14.0. The molecule has 4 aliphatic carbocycles. The van der Waals surface area contributed by atoms with Crippen molar-refractivity contribution in [3.63, 3.8) is 0 Å². The monoisotopic (exact) mass is 412 g/mol. The van der Waals surface area contributed by atoms with Gasteiger partial charge in [-0.25, -0.2) is 0 Å². The second-order valence-corrected chi connectivity index (χ2v) is 13.0. The van der Waals surface area contributed by atoms with E-state index in [4.69, 9.17) is 0 Å². The highest BCUT2D eigenvalue weighted by Crippen LogP contribution is 2.68. The Labute approximate surface area is 186 Å². The van der Waals surface area contributed by atoms with Crippen LogP contribution in [-0.2, 0) is 0 Å². The molecule has 0 radical (unpaired) electrons. The van der Waals surface area contributed by atoms with Crippen LogP contribution in [0.15, 0.2) is 22.8 Å². The molecule has 0 saturated heterocycles. The van der Waals surface area contributed by atoms with Crippen LogP contribution in [0.5, 0.6) is 0 Å². The zero-order chi connectivity index (χ0) is 21.9. The summed E-state index contributed by atoms with van der Waals surface area (Å²) in [5.41, 5.74) is 6.20. The lowest BCUT2D eigenvalue weighted by molar-refractivity contribution is -0.128. The number of aliphatic hydroxyl groups excluding tert-OH is 1. The van der Waals surface area contributed by atoms with Gasteiger partial charge in [-0.3, -0.25) is 0 Å². The topological polar surface area (TPSA) is 20.2 Å². The maximum Gasteiger partial charge on any atom is 0.0594 e. The van der Waals surface area contributed by atoms with Crippen molar-refractivity contribution < 1.29 is 5.11 Å². The molecule has 4 rings (SSSR count). The molecule has 0 heterocycles. The lowest BCUT2D eigenvalue weighted by atomic mass is 9.44. The zero-order valence-corrected chi connectivity index (χ0v) is 21.0. The van der Waals surface area contributed by atoms with E-state index in [9.17, 15) is 5.11 Å². The number of rotatable bonds is 4. The van der Waals surface area contributed by atoms with Gasteiger partial charge in [0.2, 0.25) is 0 Å². The summed E-state index contributed by atoms with van der Waals surface area (Å²) in [6, 6.07) is 0. The van der Waals surface area contributed by atoms with Crippen molar-refractivity contribution in [2.45, 2.75) is 119 Å². The Morgan fingerprint density at radius 1 is 1.03 bits per heavy atom. The van der Waals surface area contributed by atoms with Gasteiger partial charge in [0, 0.05) is 0 Å². The van der Waals surface area contributed by atoms with Crippen molar-refractivity contribution in [3.05, 3.63) is 22.8 Å². The minimum absolute atomic E-state index is 0.0710. The van der Waals surface area contributed by atoms with Crippen LogP contribution in [0.4, 0.5) is 0 Å². The molecule has 0 bridgehead atoms. The van der Waals surface area contributed by atoms with Crippen LogP contribution in [0.25, 0.3) is 0 Å². The van der Waals surface area contributed by atoms with Crippen LogP contribution in [0.2, 0.25) is 0 Å². The number of aliphatic hydroxyl groups is 1. The first-order valence-electron chi connectivity index (χ1n) is 13.1. The molecule has 4 aliphatic rings. The minimum Gasteiger partial charge on any atom is -0.393 e. The molecule has 170 valence electrons. The Kier molecular flexibility index (Phi) is 5.87. The summed E-state index contributed by atoms with van der Waals surface area (Å²) in [5, 5.41) is 10.8. The summed E-state index contributed by atoms with van der Waals surface area (Å²) >= 11 is 0. The van der Waals surface area contributed by atoms with Gasteiger partial charge in [0.1, 0.15) is 0 Å². The molecule has 1 nitrogen and oxygen atoms in total. The Balaban J connectivity index is 1.60. The van der Waals surface area contributed by atoms with Crippen molar-refractivity contribution >= 4 is 0 Å². The van der Waals surface area contributed by atoms with Gasteiger partial charge in [-0.05, 0) is 118 Å². The van der Waals surface area contributed by atoms with E-state index in [1.165, 1.54) is 63.4 Å². The number of allylic oxidation sites excluding steroid dienone is 4. The lowest BCUT2D eigenvalue weighted by Crippen LogP contribution is -2.55. The fourth-order valence-electron chi connectivity index (χ4n) is 9.12. The van der Waals surface area contributed by atoms with Gasteiger partial charge in [0.25, 0.3) is 0 Å². The van der Waals surface area contributed by atoms with Gasteiger partial charge in [0.15, 0.2) is 0 Å². The first kappa shape index (κ1) is 22.6. The molecule has 3 fully saturated rings. The quantitative estimate of drug-likeness (QED) is 0.462. The van der Waals surface area contributed by atoms with Gasteiger partial charge in [-0.1, -0.05) is 57.4 Å². The summed E-state index contributed by atoms with van der Waals surface area (Å²) in [6.07, 6.45) is 15.3. The van der Waals surface area contributed by atoms with E-state index < -0.39 is 0 Å². The van der Waals surface area contributed by atoms with Crippen molar-refractivity contribution in [1.82, 2.24) is 0 Å². The standard InChI is InChI=1S/C29H48O/c1-19(2)9-8-10-20(3)22-12-13-23-21-11-14-25-27(4,5)26(30)16-18-29(25,7)24(21)15-17-28(22,23)6/h9,20,22,24-26,30H,8,10-18H2,1-7H3/t20-,22-,24?,25+,26+,28-,29-/m1/s1. The highest BCUT2D eigenvalue weighted by Gasteiger charge is 2.59. The van der Waals surface area contributed by atoms with Crippen LogP contribution in [0.1, 0.15) is 113 Å². The van der Waals surface area contributed by atoms with Crippen LogP contribution in [-0.4, -0.2) is 11.2 Å². The van der Waals surface area contributed by atoms with Crippen LogP contribution >= 0.6 is 0 Å². The summed E-state index contributed by atoms with van der Waals surface area (Å²) in [7, 11) is 0. The van der Waals surface area contributed by atoms with E-state index in [0.717, 1.165) is 24.2 Å². The third-order valence-electron chi connectivity index (χ3n) is 10.8. The molecule has 0 aliphatic heterocycles. The molecule has 1 heteroatoms. The molecule has 0 aromatic carbocycles. The van der Waals surface area contributed by atoms with Crippen molar-refractivity contribution in [2.75, 3.05) is 0 Å². The van der Waals surface area contributed by atoms with E-state index in [1.807, 2.05) is 11.1 Å². The minimum atomic E-state index is -0.115. The number of hydrogen-bond donors (Lipinski definition) is 1. The molecule has 30 heavy (non-hydrogen) atoms.